The molecule has 4 nitrogen and oxygen atoms in total. The van der Waals surface area contributed by atoms with E-state index < -0.39 is 0 Å². The van der Waals surface area contributed by atoms with Crippen LogP contribution in [0.2, 0.25) is 5.02 Å². The van der Waals surface area contributed by atoms with Crippen molar-refractivity contribution in [2.45, 2.75) is 6.54 Å². The third-order valence-electron chi connectivity index (χ3n) is 1.81. The molecule has 0 aliphatic carbocycles. The van der Waals surface area contributed by atoms with Crippen LogP contribution in [0.3, 0.4) is 0 Å². The molecular weight excluding hydrogens is 281 g/mol. The van der Waals surface area contributed by atoms with Gasteiger partial charge < -0.3 is 10.3 Å². The Morgan fingerprint density at radius 1 is 1.47 bits per heavy atom. The quantitative estimate of drug-likeness (QED) is 0.922. The SMILES string of the molecule is NCc1noc(-c2ccc(Br)cc2Cl)n1. The van der Waals surface area contributed by atoms with Crippen molar-refractivity contribution in [3.05, 3.63) is 33.5 Å². The van der Waals surface area contributed by atoms with Crippen molar-refractivity contribution in [2.75, 3.05) is 0 Å². The molecule has 0 aliphatic rings. The smallest absolute Gasteiger partial charge is 0.259 e. The molecule has 0 bridgehead atoms. The average molecular weight is 289 g/mol. The first-order chi connectivity index (χ1) is 7.20. The van der Waals surface area contributed by atoms with Crippen LogP contribution < -0.4 is 5.73 Å². The molecule has 0 spiro atoms. The lowest BCUT2D eigenvalue weighted by molar-refractivity contribution is 0.423. The van der Waals surface area contributed by atoms with Gasteiger partial charge in [0.2, 0.25) is 0 Å². The van der Waals surface area contributed by atoms with Crippen LogP contribution in [-0.4, -0.2) is 10.1 Å². The van der Waals surface area contributed by atoms with Crippen molar-refractivity contribution in [3.63, 3.8) is 0 Å². The Bertz CT molecular complexity index is 486. The van der Waals surface area contributed by atoms with Crippen LogP contribution in [0.15, 0.2) is 27.2 Å². The number of nitrogens with zero attached hydrogens (tertiary/aromatic N) is 2. The van der Waals surface area contributed by atoms with Gasteiger partial charge in [-0.2, -0.15) is 4.98 Å². The lowest BCUT2D eigenvalue weighted by Gasteiger charge is -1.98. The summed E-state index contributed by atoms with van der Waals surface area (Å²) in [6.07, 6.45) is 0. The van der Waals surface area contributed by atoms with Gasteiger partial charge in [-0.1, -0.05) is 32.7 Å². The summed E-state index contributed by atoms with van der Waals surface area (Å²) in [5.41, 5.74) is 6.08. The van der Waals surface area contributed by atoms with Gasteiger partial charge in [-0.3, -0.25) is 0 Å². The number of hydrogen-bond donors (Lipinski definition) is 1. The Morgan fingerprint density at radius 3 is 2.87 bits per heavy atom. The maximum absolute atomic E-state index is 6.03. The van der Waals surface area contributed by atoms with Crippen LogP contribution in [0.4, 0.5) is 0 Å². The van der Waals surface area contributed by atoms with Crippen molar-refractivity contribution >= 4 is 27.5 Å². The van der Waals surface area contributed by atoms with Crippen LogP contribution >= 0.6 is 27.5 Å². The lowest BCUT2D eigenvalue weighted by atomic mass is 10.2. The molecule has 0 unspecified atom stereocenters. The van der Waals surface area contributed by atoms with Gasteiger partial charge >= 0.3 is 0 Å². The first kappa shape index (κ1) is 10.6. The molecule has 6 heteroatoms. The van der Waals surface area contributed by atoms with E-state index in [0.717, 1.165) is 4.47 Å². The summed E-state index contributed by atoms with van der Waals surface area (Å²) in [5, 5.41) is 4.25. The van der Waals surface area contributed by atoms with E-state index in [9.17, 15) is 0 Å². The minimum atomic E-state index is 0.248. The highest BCUT2D eigenvalue weighted by Crippen LogP contribution is 2.29. The van der Waals surface area contributed by atoms with Gasteiger partial charge in [-0.05, 0) is 18.2 Å². The van der Waals surface area contributed by atoms with E-state index in [1.54, 1.807) is 12.1 Å². The number of rotatable bonds is 2. The third-order valence-corrected chi connectivity index (χ3v) is 2.62. The van der Waals surface area contributed by atoms with E-state index in [2.05, 4.69) is 26.1 Å². The highest BCUT2D eigenvalue weighted by Gasteiger charge is 2.11. The molecule has 0 saturated carbocycles. The highest BCUT2D eigenvalue weighted by molar-refractivity contribution is 9.10. The first-order valence-electron chi connectivity index (χ1n) is 4.19. The fraction of sp³-hybridized carbons (Fsp3) is 0.111. The van der Waals surface area contributed by atoms with Crippen LogP contribution in [0, 0.1) is 0 Å². The number of hydrogen-bond acceptors (Lipinski definition) is 4. The van der Waals surface area contributed by atoms with E-state index in [4.69, 9.17) is 21.9 Å². The van der Waals surface area contributed by atoms with Gasteiger partial charge in [0, 0.05) is 4.47 Å². The Labute approximate surface area is 99.5 Å². The molecule has 78 valence electrons. The molecule has 1 aromatic heterocycles. The molecule has 0 saturated heterocycles. The maximum Gasteiger partial charge on any atom is 0.259 e. The Balaban J connectivity index is 2.44. The zero-order chi connectivity index (χ0) is 10.8. The molecule has 0 radical (unpaired) electrons. The van der Waals surface area contributed by atoms with Crippen molar-refractivity contribution in [2.24, 2.45) is 5.73 Å². The maximum atomic E-state index is 6.03. The summed E-state index contributed by atoms with van der Waals surface area (Å²) in [5.74, 6) is 0.844. The van der Waals surface area contributed by atoms with Crippen molar-refractivity contribution in [1.29, 1.82) is 0 Å². The van der Waals surface area contributed by atoms with Gasteiger partial charge in [0.1, 0.15) is 0 Å². The van der Waals surface area contributed by atoms with E-state index in [-0.39, 0.29) is 6.54 Å². The molecule has 0 aliphatic heterocycles. The van der Waals surface area contributed by atoms with E-state index >= 15 is 0 Å². The Morgan fingerprint density at radius 2 is 2.27 bits per heavy atom. The minimum absolute atomic E-state index is 0.248. The van der Waals surface area contributed by atoms with Gasteiger partial charge in [0.05, 0.1) is 17.1 Å². The van der Waals surface area contributed by atoms with E-state index in [0.29, 0.717) is 22.3 Å². The molecule has 0 fully saturated rings. The second kappa shape index (κ2) is 4.30. The van der Waals surface area contributed by atoms with Gasteiger partial charge in [0.15, 0.2) is 5.82 Å². The molecule has 2 aromatic rings. The van der Waals surface area contributed by atoms with E-state index in [1.807, 2.05) is 6.07 Å². The minimum Gasteiger partial charge on any atom is -0.334 e. The Kier molecular flexibility index (Phi) is 3.04. The predicted molar refractivity (Wildman–Crippen MR) is 60.3 cm³/mol. The highest BCUT2D eigenvalue weighted by atomic mass is 79.9. The third kappa shape index (κ3) is 2.19. The van der Waals surface area contributed by atoms with Crippen molar-refractivity contribution in [3.8, 4) is 11.5 Å². The molecule has 15 heavy (non-hydrogen) atoms. The lowest BCUT2D eigenvalue weighted by Crippen LogP contribution is -1.97. The van der Waals surface area contributed by atoms with Crippen molar-refractivity contribution in [1.82, 2.24) is 10.1 Å². The van der Waals surface area contributed by atoms with Crippen LogP contribution in [-0.2, 0) is 6.54 Å². The normalized spacial score (nSPS) is 10.6. The summed E-state index contributed by atoms with van der Waals surface area (Å²) >= 11 is 9.34. The number of nitrogens with two attached hydrogens (primary N) is 1. The second-order valence-corrected chi connectivity index (χ2v) is 4.17. The average Bonchev–Trinajstić information content (AvgIpc) is 2.66. The molecule has 1 aromatic carbocycles. The molecular formula is C9H7BrClN3O. The van der Waals surface area contributed by atoms with Crippen LogP contribution in [0.5, 0.6) is 0 Å². The molecule has 0 amide bonds. The first-order valence-corrected chi connectivity index (χ1v) is 5.36. The molecule has 0 atom stereocenters. The van der Waals surface area contributed by atoms with Crippen molar-refractivity contribution < 1.29 is 4.52 Å². The molecule has 1 heterocycles. The standard InChI is InChI=1S/C9H7BrClN3O/c10-5-1-2-6(7(11)3-5)9-13-8(4-12)14-15-9/h1-3H,4,12H2. The summed E-state index contributed by atoms with van der Waals surface area (Å²) in [7, 11) is 0. The monoisotopic (exact) mass is 287 g/mol. The number of aromatic nitrogens is 2. The second-order valence-electron chi connectivity index (χ2n) is 2.84. The summed E-state index contributed by atoms with van der Waals surface area (Å²) in [6.45, 7) is 0.248. The largest absolute Gasteiger partial charge is 0.334 e. The number of benzene rings is 1. The van der Waals surface area contributed by atoms with Crippen LogP contribution in [0.1, 0.15) is 5.82 Å². The number of halogens is 2. The van der Waals surface area contributed by atoms with Gasteiger partial charge in [0.25, 0.3) is 5.89 Å². The fourth-order valence-electron chi connectivity index (χ4n) is 1.11. The predicted octanol–water partition coefficient (Wildman–Crippen LogP) is 2.61. The summed E-state index contributed by atoms with van der Waals surface area (Å²) in [6, 6.07) is 5.43. The van der Waals surface area contributed by atoms with E-state index in [1.165, 1.54) is 0 Å². The van der Waals surface area contributed by atoms with Crippen LogP contribution in [0.25, 0.3) is 11.5 Å². The Hall–Kier alpha value is -0.910. The topological polar surface area (TPSA) is 64.9 Å². The zero-order valence-electron chi connectivity index (χ0n) is 7.58. The van der Waals surface area contributed by atoms with Gasteiger partial charge in [-0.15, -0.1) is 0 Å². The molecule has 2 rings (SSSR count). The summed E-state index contributed by atoms with van der Waals surface area (Å²) in [4.78, 5) is 4.09. The fourth-order valence-corrected chi connectivity index (χ4v) is 1.86. The molecule has 2 N–H and O–H groups in total. The summed E-state index contributed by atoms with van der Waals surface area (Å²) < 4.78 is 5.92. The van der Waals surface area contributed by atoms with Gasteiger partial charge in [-0.25, -0.2) is 0 Å². The zero-order valence-corrected chi connectivity index (χ0v) is 9.92.